The SMILES string of the molecule is CO[C@@H]1C[C@H](CC(=O)O)N(C(=O)c2ccc3sccc3c2)C1. The van der Waals surface area contributed by atoms with Gasteiger partial charge in [-0.2, -0.15) is 0 Å². The first-order chi connectivity index (χ1) is 10.6. The lowest BCUT2D eigenvalue weighted by Crippen LogP contribution is -2.37. The molecule has 1 aliphatic heterocycles. The van der Waals surface area contributed by atoms with Crippen molar-refractivity contribution in [1.82, 2.24) is 4.90 Å². The second-order valence-electron chi connectivity index (χ2n) is 5.48. The van der Waals surface area contributed by atoms with E-state index in [-0.39, 0.29) is 24.5 Å². The quantitative estimate of drug-likeness (QED) is 0.940. The molecule has 0 unspecified atom stereocenters. The Morgan fingerprint density at radius 1 is 1.41 bits per heavy atom. The summed E-state index contributed by atoms with van der Waals surface area (Å²) in [5, 5.41) is 12.1. The molecule has 1 aliphatic rings. The van der Waals surface area contributed by atoms with Crippen LogP contribution in [0.25, 0.3) is 10.1 Å². The molecule has 0 saturated carbocycles. The van der Waals surface area contributed by atoms with Gasteiger partial charge in [-0.3, -0.25) is 9.59 Å². The zero-order chi connectivity index (χ0) is 15.7. The molecule has 6 heteroatoms. The number of benzene rings is 1. The lowest BCUT2D eigenvalue weighted by atomic mass is 10.1. The van der Waals surface area contributed by atoms with E-state index in [2.05, 4.69) is 0 Å². The van der Waals surface area contributed by atoms with E-state index in [1.54, 1.807) is 29.4 Å². The maximum atomic E-state index is 12.7. The largest absolute Gasteiger partial charge is 0.481 e. The molecule has 22 heavy (non-hydrogen) atoms. The Kier molecular flexibility index (Phi) is 4.13. The van der Waals surface area contributed by atoms with Gasteiger partial charge in [-0.05, 0) is 41.5 Å². The van der Waals surface area contributed by atoms with Crippen LogP contribution >= 0.6 is 11.3 Å². The zero-order valence-corrected chi connectivity index (χ0v) is 13.0. The lowest BCUT2D eigenvalue weighted by molar-refractivity contribution is -0.137. The van der Waals surface area contributed by atoms with E-state index < -0.39 is 5.97 Å². The summed E-state index contributed by atoms with van der Waals surface area (Å²) in [7, 11) is 1.59. The number of carboxylic acid groups (broad SMARTS) is 1. The molecular weight excluding hydrogens is 302 g/mol. The molecule has 2 heterocycles. The van der Waals surface area contributed by atoms with Gasteiger partial charge in [0.05, 0.1) is 12.5 Å². The number of thiophene rings is 1. The van der Waals surface area contributed by atoms with Crippen molar-refractivity contribution in [3.63, 3.8) is 0 Å². The third kappa shape index (κ3) is 2.84. The fourth-order valence-electron chi connectivity index (χ4n) is 2.95. The van der Waals surface area contributed by atoms with E-state index in [1.165, 1.54) is 0 Å². The van der Waals surface area contributed by atoms with Crippen LogP contribution in [0.2, 0.25) is 0 Å². The number of hydrogen-bond acceptors (Lipinski definition) is 4. The Balaban J connectivity index is 1.86. The molecule has 116 valence electrons. The van der Waals surface area contributed by atoms with Crippen molar-refractivity contribution in [3.05, 3.63) is 35.2 Å². The molecule has 1 fully saturated rings. The molecule has 1 saturated heterocycles. The van der Waals surface area contributed by atoms with Gasteiger partial charge in [-0.1, -0.05) is 0 Å². The highest BCUT2D eigenvalue weighted by Gasteiger charge is 2.36. The number of methoxy groups -OCH3 is 1. The van der Waals surface area contributed by atoms with E-state index >= 15 is 0 Å². The number of carbonyl (C=O) groups excluding carboxylic acids is 1. The van der Waals surface area contributed by atoms with Crippen LogP contribution in [0.5, 0.6) is 0 Å². The number of aliphatic carboxylic acids is 1. The molecule has 1 amide bonds. The van der Waals surface area contributed by atoms with Gasteiger partial charge in [0.2, 0.25) is 0 Å². The van der Waals surface area contributed by atoms with Crippen LogP contribution in [-0.2, 0) is 9.53 Å². The Labute approximate surface area is 132 Å². The molecule has 2 atom stereocenters. The van der Waals surface area contributed by atoms with Crippen molar-refractivity contribution >= 4 is 33.3 Å². The van der Waals surface area contributed by atoms with E-state index in [4.69, 9.17) is 9.84 Å². The highest BCUT2D eigenvalue weighted by Crippen LogP contribution is 2.27. The van der Waals surface area contributed by atoms with Crippen LogP contribution < -0.4 is 0 Å². The number of carbonyl (C=O) groups is 2. The van der Waals surface area contributed by atoms with Gasteiger partial charge in [-0.15, -0.1) is 11.3 Å². The van der Waals surface area contributed by atoms with Crippen LogP contribution in [0.4, 0.5) is 0 Å². The Morgan fingerprint density at radius 2 is 2.23 bits per heavy atom. The molecule has 1 aromatic heterocycles. The van der Waals surface area contributed by atoms with Gasteiger partial charge in [0, 0.05) is 30.0 Å². The maximum absolute atomic E-state index is 12.7. The minimum absolute atomic E-state index is 0.0493. The molecule has 1 N–H and O–H groups in total. The molecule has 0 radical (unpaired) electrons. The summed E-state index contributed by atoms with van der Waals surface area (Å²) >= 11 is 1.63. The maximum Gasteiger partial charge on any atom is 0.305 e. The topological polar surface area (TPSA) is 66.8 Å². The summed E-state index contributed by atoms with van der Waals surface area (Å²) in [5.74, 6) is -1.02. The first-order valence-corrected chi connectivity index (χ1v) is 7.99. The number of ether oxygens (including phenoxy) is 1. The van der Waals surface area contributed by atoms with Crippen molar-refractivity contribution in [1.29, 1.82) is 0 Å². The normalized spacial score (nSPS) is 21.4. The van der Waals surface area contributed by atoms with E-state index in [0.29, 0.717) is 18.5 Å². The molecule has 2 aromatic rings. The molecule has 3 rings (SSSR count). The monoisotopic (exact) mass is 319 g/mol. The van der Waals surface area contributed by atoms with Gasteiger partial charge in [0.15, 0.2) is 0 Å². The van der Waals surface area contributed by atoms with Gasteiger partial charge < -0.3 is 14.7 Å². The zero-order valence-electron chi connectivity index (χ0n) is 12.2. The fourth-order valence-corrected chi connectivity index (χ4v) is 3.72. The summed E-state index contributed by atoms with van der Waals surface area (Å²) < 4.78 is 6.45. The van der Waals surface area contributed by atoms with Gasteiger partial charge in [-0.25, -0.2) is 0 Å². The van der Waals surface area contributed by atoms with Crippen molar-refractivity contribution in [2.75, 3.05) is 13.7 Å². The van der Waals surface area contributed by atoms with E-state index in [1.807, 2.05) is 23.6 Å². The first kappa shape index (κ1) is 15.0. The molecule has 5 nitrogen and oxygen atoms in total. The van der Waals surface area contributed by atoms with Crippen molar-refractivity contribution in [2.45, 2.75) is 25.0 Å². The summed E-state index contributed by atoms with van der Waals surface area (Å²) in [4.78, 5) is 25.4. The molecule has 0 bridgehead atoms. The molecule has 0 aliphatic carbocycles. The number of likely N-dealkylation sites (tertiary alicyclic amines) is 1. The van der Waals surface area contributed by atoms with Crippen LogP contribution in [0.3, 0.4) is 0 Å². The number of fused-ring (bicyclic) bond motifs is 1. The second kappa shape index (κ2) is 6.06. The Morgan fingerprint density at radius 3 is 2.95 bits per heavy atom. The van der Waals surface area contributed by atoms with Crippen molar-refractivity contribution < 1.29 is 19.4 Å². The standard InChI is InChI=1S/C16H17NO4S/c1-21-13-7-12(8-15(18)19)17(9-13)16(20)11-2-3-14-10(6-11)4-5-22-14/h2-6,12-13H,7-9H2,1H3,(H,18,19)/t12-,13-/m1/s1. The predicted octanol–water partition coefficient (Wildman–Crippen LogP) is 2.61. The predicted molar refractivity (Wildman–Crippen MR) is 84.3 cm³/mol. The average Bonchev–Trinajstić information content (AvgIpc) is 3.11. The number of carboxylic acids is 1. The Hall–Kier alpha value is -1.92. The third-order valence-corrected chi connectivity index (χ3v) is 4.98. The number of amides is 1. The first-order valence-electron chi connectivity index (χ1n) is 7.11. The summed E-state index contributed by atoms with van der Waals surface area (Å²) in [5.41, 5.74) is 0.595. The van der Waals surface area contributed by atoms with Crippen LogP contribution in [0.15, 0.2) is 29.6 Å². The number of hydrogen-bond donors (Lipinski definition) is 1. The van der Waals surface area contributed by atoms with Crippen LogP contribution in [0, 0.1) is 0 Å². The number of rotatable bonds is 4. The third-order valence-electron chi connectivity index (χ3n) is 4.08. The van der Waals surface area contributed by atoms with E-state index in [9.17, 15) is 9.59 Å². The van der Waals surface area contributed by atoms with Crippen molar-refractivity contribution in [3.8, 4) is 0 Å². The van der Waals surface area contributed by atoms with Gasteiger partial charge in [0.25, 0.3) is 5.91 Å². The average molecular weight is 319 g/mol. The van der Waals surface area contributed by atoms with Gasteiger partial charge >= 0.3 is 5.97 Å². The minimum Gasteiger partial charge on any atom is -0.481 e. The molecule has 1 aromatic carbocycles. The summed E-state index contributed by atoms with van der Waals surface area (Å²) in [6.07, 6.45) is 0.416. The lowest BCUT2D eigenvalue weighted by Gasteiger charge is -2.23. The number of nitrogens with zero attached hydrogens (tertiary/aromatic N) is 1. The fraction of sp³-hybridized carbons (Fsp3) is 0.375. The highest BCUT2D eigenvalue weighted by molar-refractivity contribution is 7.17. The van der Waals surface area contributed by atoms with Crippen molar-refractivity contribution in [2.24, 2.45) is 0 Å². The molecule has 0 spiro atoms. The van der Waals surface area contributed by atoms with E-state index in [0.717, 1.165) is 10.1 Å². The smallest absolute Gasteiger partial charge is 0.305 e. The molecular formula is C16H17NO4S. The summed E-state index contributed by atoms with van der Waals surface area (Å²) in [6.45, 7) is 0.439. The minimum atomic E-state index is -0.896. The van der Waals surface area contributed by atoms with Crippen LogP contribution in [0.1, 0.15) is 23.2 Å². The summed E-state index contributed by atoms with van der Waals surface area (Å²) in [6, 6.07) is 7.27. The highest BCUT2D eigenvalue weighted by atomic mass is 32.1. The Bertz CT molecular complexity index is 711. The van der Waals surface area contributed by atoms with Crippen LogP contribution in [-0.4, -0.2) is 47.7 Å². The second-order valence-corrected chi connectivity index (χ2v) is 6.42. The van der Waals surface area contributed by atoms with Gasteiger partial charge in [0.1, 0.15) is 0 Å².